The number of ether oxygens (including phenoxy) is 2. The summed E-state index contributed by atoms with van der Waals surface area (Å²) < 4.78 is 12.1. The van der Waals surface area contributed by atoms with Crippen molar-refractivity contribution in [3.63, 3.8) is 0 Å². The van der Waals surface area contributed by atoms with E-state index in [1.54, 1.807) is 54.7 Å². The van der Waals surface area contributed by atoms with Gasteiger partial charge in [0.25, 0.3) is 5.65 Å². The third-order valence-corrected chi connectivity index (χ3v) is 4.71. The van der Waals surface area contributed by atoms with E-state index in [2.05, 4.69) is 15.0 Å². The molecule has 0 saturated carbocycles. The number of H-pyrrole nitrogens is 1. The van der Waals surface area contributed by atoms with Gasteiger partial charge in [0.15, 0.2) is 0 Å². The molecule has 3 N–H and O–H groups in total. The Kier molecular flexibility index (Phi) is 6.74. The molecule has 0 spiro atoms. The van der Waals surface area contributed by atoms with Crippen molar-refractivity contribution >= 4 is 29.1 Å². The number of benzene rings is 2. The molecule has 0 aliphatic carbocycles. The average molecular weight is 448 g/mol. The molecule has 0 aliphatic heterocycles. The highest BCUT2D eigenvalue weighted by molar-refractivity contribution is 5.89. The zero-order chi connectivity index (χ0) is 23.0. The number of imidazole rings is 1. The molecule has 0 atom stereocenters. The van der Waals surface area contributed by atoms with Gasteiger partial charge in [-0.15, -0.1) is 0 Å². The molecule has 0 amide bonds. The van der Waals surface area contributed by atoms with Crippen molar-refractivity contribution in [2.75, 3.05) is 25.6 Å². The van der Waals surface area contributed by atoms with Gasteiger partial charge in [0.05, 0.1) is 23.4 Å². The van der Waals surface area contributed by atoms with Gasteiger partial charge in [-0.1, -0.05) is 41.1 Å². The van der Waals surface area contributed by atoms with Crippen LogP contribution in [-0.4, -0.2) is 46.7 Å². The molecule has 0 fully saturated rings. The minimum atomic E-state index is -0.484. The van der Waals surface area contributed by atoms with E-state index in [0.717, 1.165) is 0 Å². The Morgan fingerprint density at radius 1 is 0.909 bits per heavy atom. The van der Waals surface area contributed by atoms with Crippen LogP contribution in [0.1, 0.15) is 20.7 Å². The van der Waals surface area contributed by atoms with E-state index in [0.29, 0.717) is 22.3 Å². The monoisotopic (exact) mass is 448 g/mol. The number of nitrogens with one attached hydrogen (secondary N) is 1. The van der Waals surface area contributed by atoms with E-state index < -0.39 is 17.9 Å². The molecule has 4 aromatic rings. The van der Waals surface area contributed by atoms with Gasteiger partial charge < -0.3 is 19.3 Å². The predicted molar refractivity (Wildman–Crippen MR) is 117 cm³/mol. The number of nitrogen functional groups attached to an aromatic ring is 1. The van der Waals surface area contributed by atoms with Gasteiger partial charge in [-0.3, -0.25) is 5.73 Å². The number of carbonyl (C=O) groups is 2. The van der Waals surface area contributed by atoms with Crippen LogP contribution in [0, 0.1) is 5.92 Å². The molecule has 33 heavy (non-hydrogen) atoms. The molecule has 2 aromatic carbocycles. The maximum atomic E-state index is 12.3. The van der Waals surface area contributed by atoms with Gasteiger partial charge in [0.1, 0.15) is 31.5 Å². The first kappa shape index (κ1) is 21.8. The fourth-order valence-electron chi connectivity index (χ4n) is 2.96. The van der Waals surface area contributed by atoms with E-state index in [1.807, 2.05) is 12.1 Å². The first-order valence-corrected chi connectivity index (χ1v) is 10.2. The maximum absolute atomic E-state index is 12.3. The number of anilines is 1. The highest BCUT2D eigenvalue weighted by Crippen LogP contribution is 2.08. The summed E-state index contributed by atoms with van der Waals surface area (Å²) in [4.78, 5) is 41.5. The summed E-state index contributed by atoms with van der Waals surface area (Å²) in [5.74, 6) is -1.34. The van der Waals surface area contributed by atoms with E-state index in [-0.39, 0.29) is 25.8 Å². The lowest BCUT2D eigenvalue weighted by Crippen LogP contribution is -2.48. The Morgan fingerprint density at radius 2 is 1.48 bits per heavy atom. The van der Waals surface area contributed by atoms with Gasteiger partial charge in [-0.05, 0) is 29.2 Å². The van der Waals surface area contributed by atoms with Crippen LogP contribution < -0.4 is 15.3 Å². The number of carbonyl (C=O) groups excluding carboxylic acids is 2. The van der Waals surface area contributed by atoms with Crippen LogP contribution in [0.5, 0.6) is 0 Å². The first-order chi connectivity index (χ1) is 16.1. The van der Waals surface area contributed by atoms with Gasteiger partial charge in [-0.2, -0.15) is 0 Å². The van der Waals surface area contributed by atoms with Gasteiger partial charge in [0.2, 0.25) is 0 Å². The third kappa shape index (κ3) is 5.62. The van der Waals surface area contributed by atoms with E-state index >= 15 is 0 Å². The van der Waals surface area contributed by atoms with Crippen LogP contribution >= 0.6 is 0 Å². The Morgan fingerprint density at radius 3 is 2.06 bits per heavy atom. The zero-order valence-electron chi connectivity index (χ0n) is 17.6. The van der Waals surface area contributed by atoms with Gasteiger partial charge in [0, 0.05) is 0 Å². The molecule has 0 saturated heterocycles. The fourth-order valence-corrected chi connectivity index (χ4v) is 2.96. The minimum Gasteiger partial charge on any atom is -0.462 e. The smallest absolute Gasteiger partial charge is 0.428 e. The summed E-state index contributed by atoms with van der Waals surface area (Å²) in [5.41, 5.74) is 7.86. The van der Waals surface area contributed by atoms with Crippen molar-refractivity contribution in [1.29, 1.82) is 0 Å². The van der Waals surface area contributed by atoms with Crippen molar-refractivity contribution in [2.24, 2.45) is 5.92 Å². The van der Waals surface area contributed by atoms with Crippen molar-refractivity contribution in [2.45, 2.75) is 0 Å². The number of esters is 2. The number of hydrogen-bond acceptors (Lipinski definition) is 8. The molecule has 168 valence electrons. The highest BCUT2D eigenvalue weighted by Gasteiger charge is 2.20. The Hall–Kier alpha value is -4.47. The second-order valence-corrected chi connectivity index (χ2v) is 7.16. The second kappa shape index (κ2) is 10.2. The topological polar surface area (TPSA) is 133 Å². The minimum absolute atomic E-state index is 0.0318. The molecule has 0 aliphatic rings. The van der Waals surface area contributed by atoms with Crippen LogP contribution in [0.15, 0.2) is 73.2 Å². The summed E-state index contributed by atoms with van der Waals surface area (Å²) in [6.45, 7) is -0.0215. The Balaban J connectivity index is 1.41. The average Bonchev–Trinajstić information content (AvgIpc) is 3.31. The second-order valence-electron chi connectivity index (χ2n) is 7.16. The van der Waals surface area contributed by atoms with Gasteiger partial charge >= 0.3 is 17.9 Å². The number of aromatic amines is 1. The predicted octanol–water partition coefficient (Wildman–Crippen LogP) is 1.59. The molecule has 10 heteroatoms. The normalized spacial score (nSPS) is 10.8. The number of rotatable bonds is 9. The molecule has 2 heterocycles. The lowest BCUT2D eigenvalue weighted by atomic mass is 10.2. The molecule has 4 rings (SSSR count). The molecule has 0 radical (unpaired) electrons. The largest absolute Gasteiger partial charge is 0.462 e. The van der Waals surface area contributed by atoms with E-state index in [9.17, 15) is 9.59 Å². The van der Waals surface area contributed by atoms with Crippen molar-refractivity contribution in [1.82, 2.24) is 15.0 Å². The first-order valence-electron chi connectivity index (χ1n) is 10.2. The van der Waals surface area contributed by atoms with Crippen LogP contribution in [0.25, 0.3) is 11.2 Å². The summed E-state index contributed by atoms with van der Waals surface area (Å²) in [5, 5.41) is 0. The third-order valence-electron chi connectivity index (χ3n) is 4.71. The molecule has 0 unspecified atom stereocenters. The number of aromatic nitrogens is 4. The molecule has 2 aromatic heterocycles. The highest BCUT2D eigenvalue weighted by atomic mass is 16.7. The summed E-state index contributed by atoms with van der Waals surface area (Å²) in [7, 11) is 0. The van der Waals surface area contributed by atoms with Crippen molar-refractivity contribution in [3.8, 4) is 0 Å². The number of hydrogen-bond donors (Lipinski definition) is 2. The lowest BCUT2D eigenvalue weighted by molar-refractivity contribution is -0.881. The molecule has 0 bridgehead atoms. The number of nitrogens with zero attached hydrogens (tertiary/aromatic N) is 3. The standard InChI is InChI=1S/C23H21N5O5/c24-23-27-20-19(25-15-26-20)11-28(23)33-14-16(12-31-21(29)17-7-3-1-4-8-17)13-32-22(30)18-9-5-2-6-10-18/h1-11,15-16H,12-14H2,(H2,24,25,26,27)/p+1. The summed E-state index contributed by atoms with van der Waals surface area (Å²) >= 11 is 0. The van der Waals surface area contributed by atoms with Crippen LogP contribution in [0.2, 0.25) is 0 Å². The van der Waals surface area contributed by atoms with E-state index in [4.69, 9.17) is 20.0 Å². The molecular weight excluding hydrogens is 426 g/mol. The number of fused-ring (bicyclic) bond motifs is 1. The Labute approximate surface area is 188 Å². The van der Waals surface area contributed by atoms with Crippen LogP contribution in [0.3, 0.4) is 0 Å². The molecular formula is C23H22N5O5+. The Bertz CT molecular complexity index is 1170. The van der Waals surface area contributed by atoms with Crippen LogP contribution in [-0.2, 0) is 9.47 Å². The van der Waals surface area contributed by atoms with Gasteiger partial charge in [-0.25, -0.2) is 14.6 Å². The fraction of sp³-hybridized carbons (Fsp3) is 0.174. The number of nitrogens with two attached hydrogens (primary N) is 1. The summed E-state index contributed by atoms with van der Waals surface area (Å²) in [6.07, 6.45) is 3.10. The van der Waals surface area contributed by atoms with Crippen LogP contribution in [0.4, 0.5) is 5.95 Å². The molecule has 10 nitrogen and oxygen atoms in total. The summed E-state index contributed by atoms with van der Waals surface area (Å²) in [6, 6.07) is 17.2. The SMILES string of the molecule is Nc1nc2nc[nH]c2c[n+]1OCC(COC(=O)c1ccccc1)COC(=O)c1ccccc1. The van der Waals surface area contributed by atoms with Crippen molar-refractivity contribution < 1.29 is 28.6 Å². The quantitative estimate of drug-likeness (QED) is 0.291. The van der Waals surface area contributed by atoms with Crippen molar-refractivity contribution in [3.05, 3.63) is 84.3 Å². The maximum Gasteiger partial charge on any atom is 0.428 e. The lowest BCUT2D eigenvalue weighted by Gasteiger charge is -2.17. The zero-order valence-corrected chi connectivity index (χ0v) is 17.6. The van der Waals surface area contributed by atoms with E-state index in [1.165, 1.54) is 11.1 Å².